The third kappa shape index (κ3) is 6.96. The molecule has 1 rings (SSSR count). The molecule has 0 saturated carbocycles. The molecule has 0 radical (unpaired) electrons. The van der Waals surface area contributed by atoms with Crippen LogP contribution < -0.4 is 11.1 Å². The molecule has 0 aliphatic rings. The van der Waals surface area contributed by atoms with Gasteiger partial charge in [0.1, 0.15) is 5.82 Å². The van der Waals surface area contributed by atoms with Crippen LogP contribution in [0.15, 0.2) is 29.2 Å². The minimum atomic E-state index is -0.246. The molecule has 5 heteroatoms. The van der Waals surface area contributed by atoms with Crippen molar-refractivity contribution >= 4 is 17.7 Å². The zero-order valence-electron chi connectivity index (χ0n) is 12.9. The number of nitrogens with two attached hydrogens (primary N) is 1. The normalized spacial score (nSPS) is 14.0. The number of hydrogen-bond acceptors (Lipinski definition) is 3. The van der Waals surface area contributed by atoms with Gasteiger partial charge < -0.3 is 11.1 Å². The van der Waals surface area contributed by atoms with Crippen LogP contribution in [-0.4, -0.2) is 24.2 Å². The second-order valence-electron chi connectivity index (χ2n) is 5.74. The molecule has 1 aromatic rings. The Kier molecular flexibility index (Phi) is 7.75. The molecule has 0 fully saturated rings. The van der Waals surface area contributed by atoms with Crippen molar-refractivity contribution in [3.8, 4) is 0 Å². The van der Waals surface area contributed by atoms with Crippen LogP contribution in [0.3, 0.4) is 0 Å². The first-order valence-corrected chi connectivity index (χ1v) is 8.29. The maximum absolute atomic E-state index is 12.8. The van der Waals surface area contributed by atoms with Crippen LogP contribution in [0.5, 0.6) is 0 Å². The van der Waals surface area contributed by atoms with Gasteiger partial charge >= 0.3 is 0 Å². The van der Waals surface area contributed by atoms with Crippen molar-refractivity contribution < 1.29 is 9.18 Å². The first kappa shape index (κ1) is 18.0. The number of nitrogens with one attached hydrogen (secondary N) is 1. The molecule has 1 aromatic carbocycles. The highest BCUT2D eigenvalue weighted by Gasteiger charge is 2.17. The van der Waals surface area contributed by atoms with Gasteiger partial charge in [-0.15, -0.1) is 11.8 Å². The van der Waals surface area contributed by atoms with Crippen LogP contribution in [-0.2, 0) is 4.79 Å². The lowest BCUT2D eigenvalue weighted by atomic mass is 10.0. The third-order valence-corrected chi connectivity index (χ3v) is 4.42. The fraction of sp³-hybridized carbons (Fsp3) is 0.562. The molecule has 1 amide bonds. The quantitative estimate of drug-likeness (QED) is 0.725. The van der Waals surface area contributed by atoms with E-state index in [2.05, 4.69) is 19.2 Å². The molecule has 0 aliphatic carbocycles. The smallest absolute Gasteiger partial charge is 0.223 e. The van der Waals surface area contributed by atoms with Gasteiger partial charge in [0.2, 0.25) is 5.91 Å². The SMILES string of the molecule is CC(C)CC(CN)NC(=O)C(C)CSc1ccc(F)cc1. The fourth-order valence-electron chi connectivity index (χ4n) is 1.95. The number of rotatable bonds is 8. The van der Waals surface area contributed by atoms with Gasteiger partial charge in [0.05, 0.1) is 0 Å². The topological polar surface area (TPSA) is 55.1 Å². The Morgan fingerprint density at radius 2 is 1.90 bits per heavy atom. The Balaban J connectivity index is 2.41. The summed E-state index contributed by atoms with van der Waals surface area (Å²) in [6.45, 7) is 6.59. The number of carbonyl (C=O) groups excluding carboxylic acids is 1. The minimum absolute atomic E-state index is 0.0284. The van der Waals surface area contributed by atoms with Gasteiger partial charge in [-0.1, -0.05) is 20.8 Å². The van der Waals surface area contributed by atoms with E-state index >= 15 is 0 Å². The summed E-state index contributed by atoms with van der Waals surface area (Å²) in [5, 5.41) is 3.01. The van der Waals surface area contributed by atoms with Gasteiger partial charge in [-0.05, 0) is 36.6 Å². The van der Waals surface area contributed by atoms with Crippen LogP contribution in [0.1, 0.15) is 27.2 Å². The third-order valence-electron chi connectivity index (χ3n) is 3.15. The van der Waals surface area contributed by atoms with E-state index in [4.69, 9.17) is 5.73 Å². The first-order valence-electron chi connectivity index (χ1n) is 7.31. The number of thioether (sulfide) groups is 1. The highest BCUT2D eigenvalue weighted by molar-refractivity contribution is 7.99. The van der Waals surface area contributed by atoms with Crippen molar-refractivity contribution in [1.29, 1.82) is 0 Å². The molecule has 21 heavy (non-hydrogen) atoms. The van der Waals surface area contributed by atoms with E-state index in [0.29, 0.717) is 18.2 Å². The average Bonchev–Trinajstić information content (AvgIpc) is 2.45. The van der Waals surface area contributed by atoms with Crippen molar-refractivity contribution in [2.45, 2.75) is 38.1 Å². The molecule has 0 heterocycles. The summed E-state index contributed by atoms with van der Waals surface area (Å²) in [4.78, 5) is 13.1. The second-order valence-corrected chi connectivity index (χ2v) is 6.83. The summed E-state index contributed by atoms with van der Waals surface area (Å²) in [7, 11) is 0. The van der Waals surface area contributed by atoms with Gasteiger partial charge in [-0.2, -0.15) is 0 Å². The molecule has 2 atom stereocenters. The van der Waals surface area contributed by atoms with E-state index in [1.807, 2.05) is 6.92 Å². The maximum Gasteiger partial charge on any atom is 0.223 e. The number of halogens is 1. The minimum Gasteiger partial charge on any atom is -0.352 e. The predicted molar refractivity (Wildman–Crippen MR) is 86.7 cm³/mol. The molecule has 118 valence electrons. The zero-order chi connectivity index (χ0) is 15.8. The lowest BCUT2D eigenvalue weighted by molar-refractivity contribution is -0.124. The van der Waals surface area contributed by atoms with Gasteiger partial charge in [0.25, 0.3) is 0 Å². The Morgan fingerprint density at radius 1 is 1.29 bits per heavy atom. The van der Waals surface area contributed by atoms with E-state index in [1.165, 1.54) is 12.1 Å². The molecule has 3 N–H and O–H groups in total. The Morgan fingerprint density at radius 3 is 2.43 bits per heavy atom. The average molecular weight is 312 g/mol. The number of benzene rings is 1. The molecule has 0 bridgehead atoms. The molecule has 0 spiro atoms. The summed E-state index contributed by atoms with van der Waals surface area (Å²) in [6, 6.07) is 6.36. The predicted octanol–water partition coefficient (Wildman–Crippen LogP) is 3.04. The second kappa shape index (κ2) is 9.05. The number of carbonyl (C=O) groups is 1. The van der Waals surface area contributed by atoms with Crippen molar-refractivity contribution in [2.75, 3.05) is 12.3 Å². The molecular formula is C16H25FN2OS. The molecule has 0 aliphatic heterocycles. The molecular weight excluding hydrogens is 287 g/mol. The van der Waals surface area contributed by atoms with Crippen molar-refractivity contribution in [1.82, 2.24) is 5.32 Å². The van der Waals surface area contributed by atoms with Crippen LogP contribution >= 0.6 is 11.8 Å². The van der Waals surface area contributed by atoms with E-state index in [9.17, 15) is 9.18 Å². The summed E-state index contributed by atoms with van der Waals surface area (Å²) < 4.78 is 12.8. The highest BCUT2D eigenvalue weighted by atomic mass is 32.2. The molecule has 3 nitrogen and oxygen atoms in total. The van der Waals surface area contributed by atoms with Crippen LogP contribution in [0, 0.1) is 17.7 Å². The van der Waals surface area contributed by atoms with E-state index in [0.717, 1.165) is 11.3 Å². The number of hydrogen-bond donors (Lipinski definition) is 2. The van der Waals surface area contributed by atoms with Crippen LogP contribution in [0.4, 0.5) is 4.39 Å². The van der Waals surface area contributed by atoms with Crippen LogP contribution in [0.25, 0.3) is 0 Å². The fourth-order valence-corrected chi connectivity index (χ4v) is 2.88. The Labute approximate surface area is 130 Å². The molecule has 0 aromatic heterocycles. The lowest BCUT2D eigenvalue weighted by Gasteiger charge is -2.21. The first-order chi connectivity index (χ1) is 9.92. The summed E-state index contributed by atoms with van der Waals surface area (Å²) in [6.07, 6.45) is 0.889. The van der Waals surface area contributed by atoms with Crippen molar-refractivity contribution in [2.24, 2.45) is 17.6 Å². The van der Waals surface area contributed by atoms with Gasteiger partial charge in [-0.25, -0.2) is 4.39 Å². The standard InChI is InChI=1S/C16H25FN2OS/c1-11(2)8-14(9-18)19-16(20)12(3)10-21-15-6-4-13(17)5-7-15/h4-7,11-12,14H,8-10,18H2,1-3H3,(H,19,20). The summed E-state index contributed by atoms with van der Waals surface area (Å²) >= 11 is 1.56. The van der Waals surface area contributed by atoms with E-state index in [1.54, 1.807) is 23.9 Å². The highest BCUT2D eigenvalue weighted by Crippen LogP contribution is 2.21. The van der Waals surface area contributed by atoms with Gasteiger partial charge in [0, 0.05) is 29.2 Å². The van der Waals surface area contributed by atoms with E-state index < -0.39 is 0 Å². The van der Waals surface area contributed by atoms with Crippen LogP contribution in [0.2, 0.25) is 0 Å². The lowest BCUT2D eigenvalue weighted by Crippen LogP contribution is -2.43. The Bertz CT molecular complexity index is 436. The molecule has 2 unspecified atom stereocenters. The summed E-state index contributed by atoms with van der Waals surface area (Å²) in [5.74, 6) is 0.838. The Hall–Kier alpha value is -1.07. The van der Waals surface area contributed by atoms with Gasteiger partial charge in [0.15, 0.2) is 0 Å². The molecule has 0 saturated heterocycles. The van der Waals surface area contributed by atoms with E-state index in [-0.39, 0.29) is 23.7 Å². The number of amides is 1. The monoisotopic (exact) mass is 312 g/mol. The van der Waals surface area contributed by atoms with Gasteiger partial charge in [-0.3, -0.25) is 4.79 Å². The zero-order valence-corrected chi connectivity index (χ0v) is 13.8. The summed E-state index contributed by atoms with van der Waals surface area (Å²) in [5.41, 5.74) is 5.69. The maximum atomic E-state index is 12.8. The van der Waals surface area contributed by atoms with Crippen molar-refractivity contribution in [3.63, 3.8) is 0 Å². The van der Waals surface area contributed by atoms with Crippen molar-refractivity contribution in [3.05, 3.63) is 30.1 Å². The largest absolute Gasteiger partial charge is 0.352 e.